The van der Waals surface area contributed by atoms with Crippen molar-refractivity contribution in [2.75, 3.05) is 61.1 Å². The predicted octanol–water partition coefficient (Wildman–Crippen LogP) is -0.798. The Bertz CT molecular complexity index is 990. The van der Waals surface area contributed by atoms with E-state index in [1.807, 2.05) is 7.05 Å². The molecule has 0 spiro atoms. The van der Waals surface area contributed by atoms with Gasteiger partial charge in [0.25, 0.3) is 5.91 Å². The van der Waals surface area contributed by atoms with Gasteiger partial charge in [-0.2, -0.15) is 4.98 Å². The molecule has 31 heavy (non-hydrogen) atoms. The lowest BCUT2D eigenvalue weighted by Gasteiger charge is -2.36. The van der Waals surface area contributed by atoms with Crippen molar-refractivity contribution in [2.24, 2.45) is 0 Å². The first kappa shape index (κ1) is 20.5. The molecule has 3 N–H and O–H groups in total. The zero-order valence-electron chi connectivity index (χ0n) is 17.0. The van der Waals surface area contributed by atoms with Crippen LogP contribution in [-0.2, 0) is 4.79 Å². The monoisotopic (exact) mass is 425 g/mol. The molecule has 12 heteroatoms. The first-order valence-electron chi connectivity index (χ1n) is 9.83. The minimum absolute atomic E-state index is 0.0253. The van der Waals surface area contributed by atoms with Gasteiger partial charge in [0.1, 0.15) is 17.8 Å². The highest BCUT2D eigenvalue weighted by molar-refractivity contribution is 6.13. The van der Waals surface area contributed by atoms with Gasteiger partial charge in [-0.1, -0.05) is 0 Å². The molecule has 4 rings (SSSR count). The average molecular weight is 425 g/mol. The molecule has 0 aliphatic carbocycles. The third-order valence-electron chi connectivity index (χ3n) is 5.03. The van der Waals surface area contributed by atoms with Crippen LogP contribution in [0, 0.1) is 0 Å². The first-order valence-corrected chi connectivity index (χ1v) is 9.83. The average Bonchev–Trinajstić information content (AvgIpc) is 3.11. The van der Waals surface area contributed by atoms with Crippen molar-refractivity contribution in [3.8, 4) is 0 Å². The number of aromatic nitrogens is 4. The zero-order chi connectivity index (χ0) is 21.8. The number of nitrogens with one attached hydrogen (secondary N) is 2. The Morgan fingerprint density at radius 3 is 2.45 bits per heavy atom. The van der Waals surface area contributed by atoms with Gasteiger partial charge in [0.05, 0.1) is 30.4 Å². The Labute approximate surface area is 178 Å². The molecule has 2 aliphatic heterocycles. The van der Waals surface area contributed by atoms with Crippen LogP contribution in [0.1, 0.15) is 5.69 Å². The zero-order valence-corrected chi connectivity index (χ0v) is 17.0. The molecule has 0 unspecified atom stereocenters. The van der Waals surface area contributed by atoms with E-state index in [4.69, 9.17) is 0 Å². The van der Waals surface area contributed by atoms with Crippen LogP contribution in [0.4, 0.5) is 22.2 Å². The van der Waals surface area contributed by atoms with Gasteiger partial charge in [-0.25, -0.2) is 19.7 Å². The third-order valence-corrected chi connectivity index (χ3v) is 5.03. The van der Waals surface area contributed by atoms with Crippen LogP contribution >= 0.6 is 0 Å². The summed E-state index contributed by atoms with van der Waals surface area (Å²) in [5, 5.41) is 13.9. The standard InChI is InChI=1S/C19H23N9O3/c1-26(6-7-29)16-9-13(8-15-17(30)25-19(31)23-15)22-18(24-16)28-4-2-27(3-5-28)14-10-20-12-21-11-14/h8-12,29H,2-7H2,1H3,(H2,23,25,30,31). The topological polar surface area (TPSA) is 140 Å². The second kappa shape index (κ2) is 8.92. The number of aliphatic hydroxyl groups is 1. The summed E-state index contributed by atoms with van der Waals surface area (Å²) in [4.78, 5) is 46.7. The molecular formula is C19H23N9O3. The molecule has 2 aliphatic rings. The number of anilines is 3. The lowest BCUT2D eigenvalue weighted by Crippen LogP contribution is -2.47. The predicted molar refractivity (Wildman–Crippen MR) is 113 cm³/mol. The number of carbonyl (C=O) groups is 2. The maximum absolute atomic E-state index is 11.9. The third kappa shape index (κ3) is 4.69. The van der Waals surface area contributed by atoms with Crippen molar-refractivity contribution in [1.29, 1.82) is 0 Å². The summed E-state index contributed by atoms with van der Waals surface area (Å²) in [5.74, 6) is 0.617. The molecule has 0 radical (unpaired) electrons. The number of hydrogen-bond donors (Lipinski definition) is 3. The highest BCUT2D eigenvalue weighted by Crippen LogP contribution is 2.21. The highest BCUT2D eigenvalue weighted by Gasteiger charge is 2.24. The molecule has 0 aromatic carbocycles. The van der Waals surface area contributed by atoms with Gasteiger partial charge < -0.3 is 25.1 Å². The molecule has 0 saturated carbocycles. The van der Waals surface area contributed by atoms with E-state index in [1.54, 1.807) is 23.4 Å². The number of amides is 3. The maximum Gasteiger partial charge on any atom is 0.326 e. The van der Waals surface area contributed by atoms with Gasteiger partial charge in [0.2, 0.25) is 5.95 Å². The fourth-order valence-electron chi connectivity index (χ4n) is 3.36. The molecule has 2 saturated heterocycles. The minimum Gasteiger partial charge on any atom is -0.395 e. The van der Waals surface area contributed by atoms with Crippen LogP contribution in [0.3, 0.4) is 0 Å². The lowest BCUT2D eigenvalue weighted by molar-refractivity contribution is -0.115. The van der Waals surface area contributed by atoms with E-state index in [0.29, 0.717) is 37.1 Å². The summed E-state index contributed by atoms with van der Waals surface area (Å²) in [5.41, 5.74) is 1.57. The van der Waals surface area contributed by atoms with Crippen molar-refractivity contribution in [3.63, 3.8) is 0 Å². The van der Waals surface area contributed by atoms with E-state index in [2.05, 4.69) is 40.4 Å². The number of imide groups is 1. The number of piperazine rings is 1. The number of carbonyl (C=O) groups excluding carboxylic acids is 2. The van der Waals surface area contributed by atoms with E-state index >= 15 is 0 Å². The molecule has 0 atom stereocenters. The number of aliphatic hydroxyl groups excluding tert-OH is 1. The number of nitrogens with zero attached hydrogens (tertiary/aromatic N) is 7. The Balaban J connectivity index is 1.58. The molecule has 2 fully saturated rings. The van der Waals surface area contributed by atoms with Crippen LogP contribution in [0.5, 0.6) is 0 Å². The van der Waals surface area contributed by atoms with Crippen LogP contribution < -0.4 is 25.3 Å². The Morgan fingerprint density at radius 1 is 1.10 bits per heavy atom. The normalized spacial score (nSPS) is 17.7. The second-order valence-electron chi connectivity index (χ2n) is 7.13. The molecule has 2 aromatic heterocycles. The molecule has 162 valence electrons. The second-order valence-corrected chi connectivity index (χ2v) is 7.13. The summed E-state index contributed by atoms with van der Waals surface area (Å²) < 4.78 is 0. The van der Waals surface area contributed by atoms with Crippen molar-refractivity contribution in [2.45, 2.75) is 0 Å². The summed E-state index contributed by atoms with van der Waals surface area (Å²) in [6.07, 6.45) is 6.59. The van der Waals surface area contributed by atoms with Gasteiger partial charge in [0, 0.05) is 45.8 Å². The van der Waals surface area contributed by atoms with E-state index in [1.165, 1.54) is 12.4 Å². The van der Waals surface area contributed by atoms with Crippen molar-refractivity contribution < 1.29 is 14.7 Å². The molecule has 0 bridgehead atoms. The number of urea groups is 1. The fourth-order valence-corrected chi connectivity index (χ4v) is 3.36. The van der Waals surface area contributed by atoms with E-state index in [9.17, 15) is 14.7 Å². The maximum atomic E-state index is 11.9. The quantitative estimate of drug-likeness (QED) is 0.398. The molecule has 3 amide bonds. The van der Waals surface area contributed by atoms with E-state index in [-0.39, 0.29) is 12.3 Å². The summed E-state index contributed by atoms with van der Waals surface area (Å²) >= 11 is 0. The molecule has 12 nitrogen and oxygen atoms in total. The number of likely N-dealkylation sites (N-methyl/N-ethyl adjacent to an activating group) is 1. The van der Waals surface area contributed by atoms with Crippen molar-refractivity contribution >= 4 is 35.5 Å². The van der Waals surface area contributed by atoms with Gasteiger partial charge in [-0.05, 0) is 6.08 Å². The Hall–Kier alpha value is -3.80. The van der Waals surface area contributed by atoms with Gasteiger partial charge in [0.15, 0.2) is 0 Å². The SMILES string of the molecule is CN(CCO)c1cc(C=C2NC(=O)NC2=O)nc(N2CCN(c3cncnc3)CC2)n1. The highest BCUT2D eigenvalue weighted by atomic mass is 16.3. The molecule has 4 heterocycles. The Morgan fingerprint density at radius 2 is 1.81 bits per heavy atom. The lowest BCUT2D eigenvalue weighted by atomic mass is 10.2. The largest absolute Gasteiger partial charge is 0.395 e. The van der Waals surface area contributed by atoms with Crippen LogP contribution in [0.25, 0.3) is 6.08 Å². The van der Waals surface area contributed by atoms with Gasteiger partial charge in [-0.3, -0.25) is 10.1 Å². The summed E-state index contributed by atoms with van der Waals surface area (Å²) in [6, 6.07) is 1.14. The summed E-state index contributed by atoms with van der Waals surface area (Å²) in [6.45, 7) is 3.25. The van der Waals surface area contributed by atoms with E-state index in [0.717, 1.165) is 18.8 Å². The number of rotatable bonds is 6. The van der Waals surface area contributed by atoms with Crippen LogP contribution in [0.15, 0.2) is 30.5 Å². The van der Waals surface area contributed by atoms with Gasteiger partial charge >= 0.3 is 6.03 Å². The first-order chi connectivity index (χ1) is 15.0. The minimum atomic E-state index is -0.566. The Kier molecular flexibility index (Phi) is 5.89. The number of hydrogen-bond acceptors (Lipinski definition) is 10. The van der Waals surface area contributed by atoms with Crippen LogP contribution in [0.2, 0.25) is 0 Å². The van der Waals surface area contributed by atoms with Crippen LogP contribution in [-0.4, -0.2) is 83.4 Å². The molecular weight excluding hydrogens is 402 g/mol. The summed E-state index contributed by atoms with van der Waals surface area (Å²) in [7, 11) is 1.82. The van der Waals surface area contributed by atoms with Crippen molar-refractivity contribution in [3.05, 3.63) is 36.2 Å². The molecule has 2 aromatic rings. The fraction of sp³-hybridized carbons (Fsp3) is 0.368. The van der Waals surface area contributed by atoms with Gasteiger partial charge in [-0.15, -0.1) is 0 Å². The van der Waals surface area contributed by atoms with E-state index < -0.39 is 11.9 Å². The van der Waals surface area contributed by atoms with Crippen molar-refractivity contribution in [1.82, 2.24) is 30.6 Å². The smallest absolute Gasteiger partial charge is 0.326 e.